The van der Waals surface area contributed by atoms with E-state index in [2.05, 4.69) is 15.6 Å². The number of nitrogens with one attached hydrogen (secondary N) is 2. The minimum atomic E-state index is -0.539. The number of ether oxygens (including phenoxy) is 1. The van der Waals surface area contributed by atoms with Crippen LogP contribution in [0.1, 0.15) is 26.7 Å². The maximum Gasteiger partial charge on any atom is 0.255 e. The zero-order chi connectivity index (χ0) is 27.9. The van der Waals surface area contributed by atoms with Gasteiger partial charge in [-0.15, -0.1) is 23.1 Å². The molecular formula is C32H27N3O3S2. The fourth-order valence-corrected chi connectivity index (χ4v) is 5.87. The van der Waals surface area contributed by atoms with Gasteiger partial charge in [-0.05, 0) is 55.0 Å². The van der Waals surface area contributed by atoms with Gasteiger partial charge in [0.2, 0.25) is 5.91 Å². The van der Waals surface area contributed by atoms with Crippen molar-refractivity contribution in [2.24, 2.45) is 0 Å². The van der Waals surface area contributed by atoms with Crippen LogP contribution in [0, 0.1) is 6.92 Å². The number of benzene rings is 4. The average molecular weight is 566 g/mol. The minimum Gasteiger partial charge on any atom is -0.496 e. The van der Waals surface area contributed by atoms with E-state index in [9.17, 15) is 9.59 Å². The highest BCUT2D eigenvalue weighted by atomic mass is 32.2. The smallest absolute Gasteiger partial charge is 0.255 e. The van der Waals surface area contributed by atoms with Gasteiger partial charge < -0.3 is 15.4 Å². The highest BCUT2D eigenvalue weighted by Gasteiger charge is 2.24. The van der Waals surface area contributed by atoms with Gasteiger partial charge >= 0.3 is 0 Å². The van der Waals surface area contributed by atoms with Crippen LogP contribution < -0.4 is 15.4 Å². The number of anilines is 2. The molecule has 0 fully saturated rings. The zero-order valence-corrected chi connectivity index (χ0v) is 23.6. The quantitative estimate of drug-likeness (QED) is 0.178. The summed E-state index contributed by atoms with van der Waals surface area (Å²) in [4.78, 5) is 31.8. The number of aryl methyl sites for hydroxylation is 1. The Morgan fingerprint density at radius 3 is 2.40 bits per heavy atom. The molecule has 0 radical (unpaired) electrons. The SMILES string of the molecule is COc1ccccc1-c1csc(NC(=O)C(Sc2cccc(NC(=O)c3ccc(C)cc3)c2)c2ccccc2)n1. The molecule has 2 N–H and O–H groups in total. The van der Waals surface area contributed by atoms with E-state index in [-0.39, 0.29) is 11.8 Å². The summed E-state index contributed by atoms with van der Waals surface area (Å²) < 4.78 is 5.46. The van der Waals surface area contributed by atoms with Crippen LogP contribution in [0.25, 0.3) is 11.3 Å². The molecule has 5 rings (SSSR count). The van der Waals surface area contributed by atoms with Crippen molar-refractivity contribution in [2.45, 2.75) is 17.1 Å². The first-order valence-electron chi connectivity index (χ1n) is 12.6. The van der Waals surface area contributed by atoms with Crippen molar-refractivity contribution in [3.05, 3.63) is 125 Å². The predicted molar refractivity (Wildman–Crippen MR) is 163 cm³/mol. The second kappa shape index (κ2) is 12.6. The molecule has 4 aromatic carbocycles. The third-order valence-electron chi connectivity index (χ3n) is 6.12. The Kier molecular flexibility index (Phi) is 8.59. The molecule has 0 saturated heterocycles. The monoisotopic (exact) mass is 565 g/mol. The van der Waals surface area contributed by atoms with E-state index in [1.54, 1.807) is 19.2 Å². The highest BCUT2D eigenvalue weighted by molar-refractivity contribution is 8.00. The first-order chi connectivity index (χ1) is 19.5. The van der Waals surface area contributed by atoms with E-state index in [4.69, 9.17) is 4.74 Å². The van der Waals surface area contributed by atoms with Gasteiger partial charge in [0.1, 0.15) is 11.0 Å². The van der Waals surface area contributed by atoms with Crippen molar-refractivity contribution in [3.63, 3.8) is 0 Å². The molecule has 0 saturated carbocycles. The Hall–Kier alpha value is -4.40. The van der Waals surface area contributed by atoms with E-state index >= 15 is 0 Å². The molecule has 0 spiro atoms. The summed E-state index contributed by atoms with van der Waals surface area (Å²) in [7, 11) is 1.62. The number of methoxy groups -OCH3 is 1. The molecule has 200 valence electrons. The molecule has 40 heavy (non-hydrogen) atoms. The molecule has 0 aliphatic carbocycles. The van der Waals surface area contributed by atoms with Gasteiger partial charge in [0.15, 0.2) is 5.13 Å². The van der Waals surface area contributed by atoms with Crippen molar-refractivity contribution < 1.29 is 14.3 Å². The minimum absolute atomic E-state index is 0.186. The van der Waals surface area contributed by atoms with Gasteiger partial charge in [0, 0.05) is 27.1 Å². The van der Waals surface area contributed by atoms with E-state index < -0.39 is 5.25 Å². The fraction of sp³-hybridized carbons (Fsp3) is 0.0938. The lowest BCUT2D eigenvalue weighted by molar-refractivity contribution is -0.115. The van der Waals surface area contributed by atoms with Crippen LogP contribution in [-0.4, -0.2) is 23.9 Å². The second-order valence-electron chi connectivity index (χ2n) is 8.98. The molecule has 5 aromatic rings. The molecule has 1 unspecified atom stereocenters. The highest BCUT2D eigenvalue weighted by Crippen LogP contribution is 2.38. The normalized spacial score (nSPS) is 11.4. The summed E-state index contributed by atoms with van der Waals surface area (Å²) >= 11 is 2.77. The van der Waals surface area contributed by atoms with Crippen LogP contribution in [0.3, 0.4) is 0 Å². The standard InChI is InChI=1S/C32H27N3O3S2/c1-21-15-17-23(18-16-21)30(36)33-24-11-8-12-25(19-24)40-29(22-9-4-3-5-10-22)31(37)35-32-34-27(20-39-32)26-13-6-7-14-28(26)38-2/h3-20,29H,1-2H3,(H,33,36)(H,34,35,37). The summed E-state index contributed by atoms with van der Waals surface area (Å²) in [5.74, 6) is 0.345. The fourth-order valence-electron chi connectivity index (χ4n) is 4.07. The summed E-state index contributed by atoms with van der Waals surface area (Å²) in [6.45, 7) is 1.98. The van der Waals surface area contributed by atoms with Gasteiger partial charge in [-0.25, -0.2) is 4.98 Å². The molecule has 0 bridgehead atoms. The number of rotatable bonds is 9. The van der Waals surface area contributed by atoms with Crippen LogP contribution in [0.2, 0.25) is 0 Å². The van der Waals surface area contributed by atoms with Crippen LogP contribution in [0.15, 0.2) is 113 Å². The molecule has 1 aromatic heterocycles. The van der Waals surface area contributed by atoms with E-state index in [0.717, 1.165) is 33.0 Å². The average Bonchev–Trinajstić information content (AvgIpc) is 3.45. The Morgan fingerprint density at radius 2 is 1.62 bits per heavy atom. The number of para-hydroxylation sites is 1. The molecule has 1 heterocycles. The van der Waals surface area contributed by atoms with E-state index in [0.29, 0.717) is 16.4 Å². The molecular weight excluding hydrogens is 539 g/mol. The van der Waals surface area contributed by atoms with Crippen molar-refractivity contribution in [3.8, 4) is 17.0 Å². The van der Waals surface area contributed by atoms with Crippen molar-refractivity contribution in [1.29, 1.82) is 0 Å². The molecule has 0 aliphatic rings. The number of nitrogens with zero attached hydrogens (tertiary/aromatic N) is 1. The third kappa shape index (κ3) is 6.59. The first-order valence-corrected chi connectivity index (χ1v) is 14.4. The summed E-state index contributed by atoms with van der Waals surface area (Å²) in [5, 5.41) is 7.82. The van der Waals surface area contributed by atoms with Gasteiger partial charge in [-0.2, -0.15) is 0 Å². The van der Waals surface area contributed by atoms with Gasteiger partial charge in [0.25, 0.3) is 5.91 Å². The van der Waals surface area contributed by atoms with Crippen molar-refractivity contribution >= 4 is 45.7 Å². The number of thiazole rings is 1. The van der Waals surface area contributed by atoms with Crippen LogP contribution in [0.5, 0.6) is 5.75 Å². The molecule has 6 nitrogen and oxygen atoms in total. The Labute approximate surface area is 241 Å². The lowest BCUT2D eigenvalue weighted by Crippen LogP contribution is -2.19. The molecule has 0 aliphatic heterocycles. The molecule has 1 atom stereocenters. The van der Waals surface area contributed by atoms with Gasteiger partial charge in [0.05, 0.1) is 12.8 Å². The van der Waals surface area contributed by atoms with Crippen LogP contribution in [0.4, 0.5) is 10.8 Å². The predicted octanol–water partition coefficient (Wildman–Crippen LogP) is 7.85. The summed E-state index contributed by atoms with van der Waals surface area (Å²) in [6.07, 6.45) is 0. The maximum atomic E-state index is 13.6. The Balaban J connectivity index is 1.34. The Bertz CT molecular complexity index is 1620. The second-order valence-corrected chi connectivity index (χ2v) is 11.0. The maximum absolute atomic E-state index is 13.6. The number of hydrogen-bond donors (Lipinski definition) is 2. The first kappa shape index (κ1) is 27.2. The summed E-state index contributed by atoms with van der Waals surface area (Å²) in [5.41, 5.74) is 4.79. The lowest BCUT2D eigenvalue weighted by Gasteiger charge is -2.17. The molecule has 2 amide bonds. The number of amides is 2. The Morgan fingerprint density at radius 1 is 0.875 bits per heavy atom. The van der Waals surface area contributed by atoms with Crippen LogP contribution >= 0.6 is 23.1 Å². The van der Waals surface area contributed by atoms with E-state index in [1.165, 1.54) is 23.1 Å². The zero-order valence-electron chi connectivity index (χ0n) is 22.0. The van der Waals surface area contributed by atoms with Crippen molar-refractivity contribution in [2.75, 3.05) is 17.7 Å². The number of hydrogen-bond acceptors (Lipinski definition) is 6. The number of carbonyl (C=O) groups excluding carboxylic acids is 2. The summed E-state index contributed by atoms with van der Waals surface area (Å²) in [6, 6.07) is 32.2. The number of carbonyl (C=O) groups is 2. The topological polar surface area (TPSA) is 80.3 Å². The number of thioether (sulfide) groups is 1. The van der Waals surface area contributed by atoms with E-state index in [1.807, 2.05) is 103 Å². The molecule has 8 heteroatoms. The van der Waals surface area contributed by atoms with Crippen molar-refractivity contribution in [1.82, 2.24) is 4.98 Å². The van der Waals surface area contributed by atoms with Crippen LogP contribution in [-0.2, 0) is 4.79 Å². The lowest BCUT2D eigenvalue weighted by atomic mass is 10.1. The largest absolute Gasteiger partial charge is 0.496 e. The third-order valence-corrected chi connectivity index (χ3v) is 8.12. The van der Waals surface area contributed by atoms with Gasteiger partial charge in [-0.3, -0.25) is 9.59 Å². The van der Waals surface area contributed by atoms with Gasteiger partial charge in [-0.1, -0.05) is 66.2 Å². The number of aromatic nitrogens is 1.